The minimum Gasteiger partial charge on any atom is -0.343 e. The zero-order valence-corrected chi connectivity index (χ0v) is 15.9. The fraction of sp³-hybridized carbons (Fsp3) is 0.625. The summed E-state index contributed by atoms with van der Waals surface area (Å²) < 4.78 is 12.8. The molecule has 2 aliphatic rings. The number of rotatable bonds is 3. The number of hydrogen-bond donors (Lipinski definition) is 1. The van der Waals surface area contributed by atoms with Crippen LogP contribution in [0.4, 0.5) is 0 Å². The molecule has 21 heavy (non-hydrogen) atoms. The smallest absolute Gasteiger partial charge is 0.343 e. The summed E-state index contributed by atoms with van der Waals surface area (Å²) in [4.78, 5) is 12.8. The Hall–Kier alpha value is 0.370. The van der Waals surface area contributed by atoms with Crippen molar-refractivity contribution in [3.05, 3.63) is 35.4 Å². The third kappa shape index (κ3) is 4.43. The molecule has 1 aromatic rings. The Morgan fingerprint density at radius 2 is 1.57 bits per heavy atom. The van der Waals surface area contributed by atoms with Gasteiger partial charge in [-0.2, -0.15) is 0 Å². The molecule has 0 aromatic heterocycles. The maximum Gasteiger partial charge on any atom is 1.00 e. The Bertz CT molecular complexity index is 490. The topological polar surface area (TPSA) is 40.5 Å². The van der Waals surface area contributed by atoms with Crippen molar-refractivity contribution in [2.75, 3.05) is 19.4 Å². The van der Waals surface area contributed by atoms with Gasteiger partial charge in [-0.3, -0.25) is 9.46 Å². The van der Waals surface area contributed by atoms with Crippen LogP contribution in [0.15, 0.2) is 24.3 Å². The molecule has 5 heteroatoms. The molecule has 1 saturated heterocycles. The van der Waals surface area contributed by atoms with Crippen LogP contribution < -0.4 is 29.6 Å². The molecule has 1 aromatic carbocycles. The Labute approximate surface area is 149 Å². The second-order valence-corrected chi connectivity index (χ2v) is 8.78. The maximum absolute atomic E-state index is 12.8. The van der Waals surface area contributed by atoms with Crippen LogP contribution in [0, 0.1) is 0 Å². The van der Waals surface area contributed by atoms with Gasteiger partial charge in [0.05, 0.1) is 6.29 Å². The van der Waals surface area contributed by atoms with Gasteiger partial charge in [0.15, 0.2) is 0 Å². The van der Waals surface area contributed by atoms with Gasteiger partial charge in [0, 0.05) is 5.66 Å². The van der Waals surface area contributed by atoms with E-state index >= 15 is 0 Å². The van der Waals surface area contributed by atoms with Crippen molar-refractivity contribution >= 4 is 7.37 Å². The number of nitrogens with zero attached hydrogens (tertiary/aromatic N) is 1. The van der Waals surface area contributed by atoms with E-state index in [2.05, 4.69) is 17.0 Å². The van der Waals surface area contributed by atoms with Crippen molar-refractivity contribution in [1.82, 2.24) is 4.90 Å². The van der Waals surface area contributed by atoms with E-state index < -0.39 is 7.37 Å². The third-order valence-electron chi connectivity index (χ3n) is 4.70. The largest absolute Gasteiger partial charge is 1.00 e. The molecular weight excluding hydrogens is 292 g/mol. The van der Waals surface area contributed by atoms with Gasteiger partial charge in [0.25, 0.3) is 0 Å². The first kappa shape index (κ1) is 17.7. The molecule has 1 N–H and O–H groups in total. The fourth-order valence-electron chi connectivity index (χ4n) is 3.50. The quantitative estimate of drug-likeness (QED) is 0.642. The first-order chi connectivity index (χ1) is 9.65. The van der Waals surface area contributed by atoms with Crippen LogP contribution in [0.25, 0.3) is 0 Å². The normalized spacial score (nSPS) is 22.9. The van der Waals surface area contributed by atoms with Gasteiger partial charge in [-0.05, 0) is 49.9 Å². The minimum atomic E-state index is -3.08. The summed E-state index contributed by atoms with van der Waals surface area (Å²) in [5, 5.41) is 0. The van der Waals surface area contributed by atoms with Crippen LogP contribution >= 0.6 is 7.37 Å². The molecule has 1 atom stereocenters. The molecule has 0 saturated carbocycles. The van der Waals surface area contributed by atoms with Crippen molar-refractivity contribution in [2.24, 2.45) is 0 Å². The van der Waals surface area contributed by atoms with Crippen LogP contribution in [0.5, 0.6) is 0 Å². The van der Waals surface area contributed by atoms with Gasteiger partial charge in [-0.1, -0.05) is 37.1 Å². The number of likely N-dealkylation sites (tertiary alicyclic amines) is 1. The second-order valence-electron chi connectivity index (χ2n) is 6.26. The van der Waals surface area contributed by atoms with Crippen LogP contribution in [-0.2, 0) is 17.4 Å². The van der Waals surface area contributed by atoms with Crippen LogP contribution in [0.2, 0.25) is 0 Å². The molecule has 1 aliphatic carbocycles. The van der Waals surface area contributed by atoms with Crippen molar-refractivity contribution in [2.45, 2.75) is 44.2 Å². The fourth-order valence-corrected chi connectivity index (χ4v) is 5.55. The molecule has 0 amide bonds. The summed E-state index contributed by atoms with van der Waals surface area (Å²) in [6.45, 7) is 1.98. The van der Waals surface area contributed by atoms with E-state index in [4.69, 9.17) is 0 Å². The van der Waals surface area contributed by atoms with E-state index in [1.165, 1.54) is 36.8 Å². The summed E-state index contributed by atoms with van der Waals surface area (Å²) in [6, 6.07) is 8.25. The first-order valence-electron chi connectivity index (χ1n) is 7.76. The van der Waals surface area contributed by atoms with Gasteiger partial charge in [-0.25, -0.2) is 0 Å². The summed E-state index contributed by atoms with van der Waals surface area (Å²) >= 11 is 0. The summed E-state index contributed by atoms with van der Waals surface area (Å²) in [5.41, 5.74) is 2.47. The molecule has 0 radical (unpaired) electrons. The van der Waals surface area contributed by atoms with Gasteiger partial charge in [0.1, 0.15) is 0 Å². The molecular formula is C16H24NNaO2P+. The van der Waals surface area contributed by atoms with Crippen molar-refractivity contribution < 1.29 is 39.0 Å². The van der Waals surface area contributed by atoms with Crippen LogP contribution in [0.3, 0.4) is 0 Å². The predicted molar refractivity (Wildman–Crippen MR) is 82.4 cm³/mol. The number of fused-ring (bicyclic) bond motifs is 1. The van der Waals surface area contributed by atoms with E-state index in [1.54, 1.807) is 0 Å². The Morgan fingerprint density at radius 3 is 2.10 bits per heavy atom. The average molecular weight is 316 g/mol. The van der Waals surface area contributed by atoms with Gasteiger partial charge in [-0.15, -0.1) is 0 Å². The average Bonchev–Trinajstić information content (AvgIpc) is 2.72. The maximum atomic E-state index is 12.8. The van der Waals surface area contributed by atoms with Crippen molar-refractivity contribution in [1.29, 1.82) is 0 Å². The second kappa shape index (κ2) is 7.77. The van der Waals surface area contributed by atoms with Gasteiger partial charge in [0.2, 0.25) is 7.37 Å². The number of benzene rings is 1. The van der Waals surface area contributed by atoms with Crippen LogP contribution in [0.1, 0.15) is 36.8 Å². The van der Waals surface area contributed by atoms with Crippen LogP contribution in [-0.4, -0.2) is 34.8 Å². The SMILES string of the molecule is O=P(O)(CN1CCCCCC1)C1Cc2ccccc2C1.[Na+]. The third-order valence-corrected chi connectivity index (χ3v) is 7.01. The number of hydrogen-bond acceptors (Lipinski definition) is 2. The molecule has 1 heterocycles. The molecule has 3 nitrogen and oxygen atoms in total. The van der Waals surface area contributed by atoms with Gasteiger partial charge < -0.3 is 4.89 Å². The van der Waals surface area contributed by atoms with Crippen molar-refractivity contribution in [3.63, 3.8) is 0 Å². The molecule has 0 spiro atoms. The molecule has 1 unspecified atom stereocenters. The zero-order valence-electron chi connectivity index (χ0n) is 13.0. The van der Waals surface area contributed by atoms with E-state index in [9.17, 15) is 9.46 Å². The summed E-state index contributed by atoms with van der Waals surface area (Å²) in [7, 11) is -3.08. The molecule has 3 rings (SSSR count). The Kier molecular flexibility index (Phi) is 6.55. The molecule has 1 fully saturated rings. The van der Waals surface area contributed by atoms with Crippen molar-refractivity contribution in [3.8, 4) is 0 Å². The van der Waals surface area contributed by atoms with E-state index in [0.29, 0.717) is 6.29 Å². The zero-order chi connectivity index (χ0) is 14.0. The monoisotopic (exact) mass is 316 g/mol. The summed E-state index contributed by atoms with van der Waals surface area (Å²) in [6.07, 6.45) is 6.82. The van der Waals surface area contributed by atoms with E-state index in [0.717, 1.165) is 25.9 Å². The molecule has 1 aliphatic heterocycles. The standard InChI is InChI=1S/C16H24NO2P.Na/c18-20(19,13-17-9-5-1-2-6-10-17)16-11-14-7-3-4-8-15(14)12-16;/h3-4,7-8,16H,1-2,5-6,9-13H2,(H,18,19);/q;+1. The Balaban J connectivity index is 0.00000161. The minimum absolute atomic E-state index is 0. The van der Waals surface area contributed by atoms with E-state index in [-0.39, 0.29) is 35.2 Å². The van der Waals surface area contributed by atoms with Gasteiger partial charge >= 0.3 is 29.6 Å². The Morgan fingerprint density at radius 1 is 1.05 bits per heavy atom. The predicted octanol–water partition coefficient (Wildman–Crippen LogP) is 0.262. The van der Waals surface area contributed by atoms with E-state index in [1.807, 2.05) is 12.1 Å². The molecule has 0 bridgehead atoms. The first-order valence-corrected chi connectivity index (χ1v) is 9.67. The molecule has 110 valence electrons. The summed E-state index contributed by atoms with van der Waals surface area (Å²) in [5.74, 6) is 0.